The molecule has 0 saturated heterocycles. The summed E-state index contributed by atoms with van der Waals surface area (Å²) in [4.78, 5) is 21.7. The number of amides is 1. The van der Waals surface area contributed by atoms with E-state index in [1.165, 1.54) is 6.08 Å². The second-order valence-electron chi connectivity index (χ2n) is 4.45. The predicted octanol–water partition coefficient (Wildman–Crippen LogP) is 0.966. The lowest BCUT2D eigenvalue weighted by Gasteiger charge is -2.13. The SMILES string of the molecule is C=CCOC(=O)NCC(O)COc1ccc(CC(=O)O)cc1. The predicted molar refractivity (Wildman–Crippen MR) is 78.8 cm³/mol. The highest BCUT2D eigenvalue weighted by atomic mass is 16.5. The molecule has 0 aliphatic carbocycles. The van der Waals surface area contributed by atoms with E-state index in [0.29, 0.717) is 11.3 Å². The number of hydrogen-bond acceptors (Lipinski definition) is 5. The Bertz CT molecular complexity index is 499. The zero-order valence-electron chi connectivity index (χ0n) is 12.0. The number of benzene rings is 1. The van der Waals surface area contributed by atoms with Crippen molar-refractivity contribution in [2.75, 3.05) is 19.8 Å². The lowest BCUT2D eigenvalue weighted by Crippen LogP contribution is -2.35. The molecule has 0 bridgehead atoms. The average Bonchev–Trinajstić information content (AvgIpc) is 2.49. The molecule has 3 N–H and O–H groups in total. The van der Waals surface area contributed by atoms with Crippen LogP contribution in [-0.4, -0.2) is 48.1 Å². The molecule has 0 aliphatic heterocycles. The van der Waals surface area contributed by atoms with Crippen LogP contribution < -0.4 is 10.1 Å². The number of carboxylic acid groups (broad SMARTS) is 1. The molecule has 120 valence electrons. The third kappa shape index (κ3) is 7.30. The summed E-state index contributed by atoms with van der Waals surface area (Å²) >= 11 is 0. The summed E-state index contributed by atoms with van der Waals surface area (Å²) in [5.74, 6) is -0.402. The number of rotatable bonds is 9. The Morgan fingerprint density at radius 1 is 1.32 bits per heavy atom. The van der Waals surface area contributed by atoms with Gasteiger partial charge in [0.05, 0.1) is 13.0 Å². The molecule has 1 unspecified atom stereocenters. The van der Waals surface area contributed by atoms with Gasteiger partial charge in [0.25, 0.3) is 0 Å². The van der Waals surface area contributed by atoms with Crippen LogP contribution in [-0.2, 0) is 16.0 Å². The van der Waals surface area contributed by atoms with Crippen LogP contribution in [0.25, 0.3) is 0 Å². The van der Waals surface area contributed by atoms with E-state index in [0.717, 1.165) is 0 Å². The van der Waals surface area contributed by atoms with Crippen molar-refractivity contribution < 1.29 is 29.3 Å². The van der Waals surface area contributed by atoms with E-state index in [4.69, 9.17) is 9.84 Å². The van der Waals surface area contributed by atoms with Crippen molar-refractivity contribution in [1.29, 1.82) is 0 Å². The molecule has 0 spiro atoms. The van der Waals surface area contributed by atoms with Gasteiger partial charge in [-0.05, 0) is 17.7 Å². The number of alkyl carbamates (subject to hydrolysis) is 1. The molecule has 0 heterocycles. The minimum Gasteiger partial charge on any atom is -0.491 e. The van der Waals surface area contributed by atoms with Crippen molar-refractivity contribution in [3.63, 3.8) is 0 Å². The lowest BCUT2D eigenvalue weighted by molar-refractivity contribution is -0.136. The molecule has 1 aromatic carbocycles. The summed E-state index contributed by atoms with van der Waals surface area (Å²) in [5.41, 5.74) is 0.659. The van der Waals surface area contributed by atoms with Gasteiger partial charge < -0.3 is 25.0 Å². The molecule has 1 atom stereocenters. The van der Waals surface area contributed by atoms with E-state index in [-0.39, 0.29) is 26.2 Å². The summed E-state index contributed by atoms with van der Waals surface area (Å²) in [6.07, 6.45) is -0.154. The summed E-state index contributed by atoms with van der Waals surface area (Å²) in [7, 11) is 0. The van der Waals surface area contributed by atoms with Gasteiger partial charge in [-0.15, -0.1) is 0 Å². The number of hydrogen-bond donors (Lipinski definition) is 3. The number of nitrogens with one attached hydrogen (secondary N) is 1. The maximum Gasteiger partial charge on any atom is 0.407 e. The second-order valence-corrected chi connectivity index (χ2v) is 4.45. The maximum absolute atomic E-state index is 11.1. The Balaban J connectivity index is 2.28. The molecule has 1 amide bonds. The zero-order valence-corrected chi connectivity index (χ0v) is 12.0. The molecular weight excluding hydrogens is 290 g/mol. The van der Waals surface area contributed by atoms with E-state index in [1.54, 1.807) is 24.3 Å². The fourth-order valence-corrected chi connectivity index (χ4v) is 1.52. The Labute approximate surface area is 128 Å². The molecular formula is C15H19NO6. The van der Waals surface area contributed by atoms with Gasteiger partial charge in [-0.2, -0.15) is 0 Å². The summed E-state index contributed by atoms with van der Waals surface area (Å²) in [5, 5.41) is 20.7. The largest absolute Gasteiger partial charge is 0.491 e. The first-order valence-corrected chi connectivity index (χ1v) is 6.64. The van der Waals surface area contributed by atoms with E-state index >= 15 is 0 Å². The number of carbonyl (C=O) groups excluding carboxylic acids is 1. The van der Waals surface area contributed by atoms with Crippen LogP contribution in [0, 0.1) is 0 Å². The van der Waals surface area contributed by atoms with Gasteiger partial charge in [0.1, 0.15) is 25.1 Å². The standard InChI is InChI=1S/C15H19NO6/c1-2-7-21-15(20)16-9-12(17)10-22-13-5-3-11(4-6-13)8-14(18)19/h2-6,12,17H,1,7-10H2,(H,16,20)(H,18,19). The molecule has 1 aromatic rings. The van der Waals surface area contributed by atoms with Crippen LogP contribution >= 0.6 is 0 Å². The van der Waals surface area contributed by atoms with Gasteiger partial charge in [0.2, 0.25) is 0 Å². The Morgan fingerprint density at radius 3 is 2.59 bits per heavy atom. The van der Waals surface area contributed by atoms with Crippen molar-refractivity contribution in [3.05, 3.63) is 42.5 Å². The van der Waals surface area contributed by atoms with Crippen LogP contribution in [0.15, 0.2) is 36.9 Å². The van der Waals surface area contributed by atoms with Crippen molar-refractivity contribution in [2.24, 2.45) is 0 Å². The fourth-order valence-electron chi connectivity index (χ4n) is 1.52. The summed E-state index contributed by atoms with van der Waals surface area (Å²) < 4.78 is 10.0. The molecule has 0 aromatic heterocycles. The van der Waals surface area contributed by atoms with Gasteiger partial charge in [-0.3, -0.25) is 4.79 Å². The third-order valence-corrected chi connectivity index (χ3v) is 2.54. The van der Waals surface area contributed by atoms with E-state index in [1.807, 2.05) is 0 Å². The molecule has 1 rings (SSSR count). The molecule has 0 fully saturated rings. The zero-order chi connectivity index (χ0) is 16.4. The Hall–Kier alpha value is -2.54. The van der Waals surface area contributed by atoms with Crippen LogP contribution in [0.4, 0.5) is 4.79 Å². The van der Waals surface area contributed by atoms with Gasteiger partial charge in [0.15, 0.2) is 0 Å². The number of aliphatic carboxylic acids is 1. The number of carboxylic acids is 1. The molecule has 0 radical (unpaired) electrons. The maximum atomic E-state index is 11.1. The normalized spacial score (nSPS) is 11.3. The molecule has 0 saturated carbocycles. The minimum absolute atomic E-state index is 0.00687. The lowest BCUT2D eigenvalue weighted by atomic mass is 10.1. The van der Waals surface area contributed by atoms with Gasteiger partial charge in [0, 0.05) is 0 Å². The number of aliphatic hydroxyl groups excluding tert-OH is 1. The second kappa shape index (κ2) is 9.41. The van der Waals surface area contributed by atoms with Crippen LogP contribution in [0.3, 0.4) is 0 Å². The highest BCUT2D eigenvalue weighted by Gasteiger charge is 2.08. The summed E-state index contributed by atoms with van der Waals surface area (Å²) in [6.45, 7) is 3.48. The van der Waals surface area contributed by atoms with Crippen molar-refractivity contribution in [2.45, 2.75) is 12.5 Å². The van der Waals surface area contributed by atoms with Crippen LogP contribution in [0.2, 0.25) is 0 Å². The first-order valence-electron chi connectivity index (χ1n) is 6.64. The van der Waals surface area contributed by atoms with Crippen molar-refractivity contribution in [1.82, 2.24) is 5.32 Å². The first-order chi connectivity index (χ1) is 10.5. The van der Waals surface area contributed by atoms with Crippen LogP contribution in [0.1, 0.15) is 5.56 Å². The third-order valence-electron chi connectivity index (χ3n) is 2.54. The van der Waals surface area contributed by atoms with E-state index in [9.17, 15) is 14.7 Å². The van der Waals surface area contributed by atoms with E-state index < -0.39 is 18.2 Å². The average molecular weight is 309 g/mol. The molecule has 7 nitrogen and oxygen atoms in total. The number of ether oxygens (including phenoxy) is 2. The Kier molecular flexibility index (Phi) is 7.49. The minimum atomic E-state index is -0.904. The summed E-state index contributed by atoms with van der Waals surface area (Å²) in [6, 6.07) is 6.52. The highest BCUT2D eigenvalue weighted by Crippen LogP contribution is 2.12. The fraction of sp³-hybridized carbons (Fsp3) is 0.333. The topological polar surface area (TPSA) is 105 Å². The van der Waals surface area contributed by atoms with Gasteiger partial charge in [-0.25, -0.2) is 4.79 Å². The molecule has 0 aliphatic rings. The molecule has 22 heavy (non-hydrogen) atoms. The number of carbonyl (C=O) groups is 2. The van der Waals surface area contributed by atoms with Gasteiger partial charge in [-0.1, -0.05) is 24.8 Å². The van der Waals surface area contributed by atoms with E-state index in [2.05, 4.69) is 16.6 Å². The highest BCUT2D eigenvalue weighted by molar-refractivity contribution is 5.70. The smallest absolute Gasteiger partial charge is 0.407 e. The first kappa shape index (κ1) is 17.5. The quantitative estimate of drug-likeness (QED) is 0.587. The van der Waals surface area contributed by atoms with Gasteiger partial charge >= 0.3 is 12.1 Å². The van der Waals surface area contributed by atoms with Crippen molar-refractivity contribution in [3.8, 4) is 5.75 Å². The van der Waals surface area contributed by atoms with Crippen LogP contribution in [0.5, 0.6) is 5.75 Å². The van der Waals surface area contributed by atoms with Crippen molar-refractivity contribution >= 4 is 12.1 Å². The molecule has 7 heteroatoms. The number of aliphatic hydroxyl groups is 1. The Morgan fingerprint density at radius 2 is 2.00 bits per heavy atom. The monoisotopic (exact) mass is 309 g/mol.